The van der Waals surface area contributed by atoms with Crippen LogP contribution in [0.3, 0.4) is 0 Å². The van der Waals surface area contributed by atoms with Crippen LogP contribution in [-0.2, 0) is 4.74 Å². The molecular weight excluding hydrogens is 236 g/mol. The number of benzene rings is 1. The first-order valence-electron chi connectivity index (χ1n) is 6.29. The van der Waals surface area contributed by atoms with E-state index in [1.54, 1.807) is 7.11 Å². The van der Waals surface area contributed by atoms with Crippen molar-refractivity contribution in [3.63, 3.8) is 0 Å². The van der Waals surface area contributed by atoms with Crippen molar-refractivity contribution >= 4 is 0 Å². The molecule has 0 saturated carbocycles. The third-order valence-corrected chi connectivity index (χ3v) is 2.94. The summed E-state index contributed by atoms with van der Waals surface area (Å²) in [5.41, 5.74) is 0.368. The van der Waals surface area contributed by atoms with Gasteiger partial charge in [0.2, 0.25) is 0 Å². The molecule has 0 spiro atoms. The molecule has 102 valence electrons. The molecule has 1 rings (SSSR count). The van der Waals surface area contributed by atoms with Gasteiger partial charge in [0.25, 0.3) is 0 Å². The highest BCUT2D eigenvalue weighted by atomic mass is 19.1. The quantitative estimate of drug-likeness (QED) is 0.808. The summed E-state index contributed by atoms with van der Waals surface area (Å²) in [4.78, 5) is 0. The van der Waals surface area contributed by atoms with E-state index in [-0.39, 0.29) is 18.0 Å². The number of halogens is 2. The molecule has 0 bridgehead atoms. The van der Waals surface area contributed by atoms with E-state index in [1.165, 1.54) is 12.1 Å². The molecule has 1 aromatic rings. The molecule has 0 aliphatic rings. The highest BCUT2D eigenvalue weighted by Crippen LogP contribution is 2.23. The van der Waals surface area contributed by atoms with E-state index in [0.29, 0.717) is 12.0 Å². The number of methoxy groups -OCH3 is 1. The Balaban J connectivity index is 2.89. The molecule has 0 aromatic heterocycles. The van der Waals surface area contributed by atoms with E-state index in [4.69, 9.17) is 4.74 Å². The summed E-state index contributed by atoms with van der Waals surface area (Å²) in [5.74, 6) is -0.798. The molecule has 2 unspecified atom stereocenters. The Bertz CT molecular complexity index is 371. The third-order valence-electron chi connectivity index (χ3n) is 2.94. The fourth-order valence-electron chi connectivity index (χ4n) is 1.85. The summed E-state index contributed by atoms with van der Waals surface area (Å²) >= 11 is 0. The number of nitrogens with one attached hydrogen (secondary N) is 1. The monoisotopic (exact) mass is 257 g/mol. The molecule has 0 fully saturated rings. The van der Waals surface area contributed by atoms with Crippen LogP contribution in [0.15, 0.2) is 18.2 Å². The van der Waals surface area contributed by atoms with Crippen molar-refractivity contribution in [2.24, 2.45) is 0 Å². The fraction of sp³-hybridized carbons (Fsp3) is 0.571. The Hall–Kier alpha value is -1.00. The van der Waals surface area contributed by atoms with Crippen molar-refractivity contribution in [3.8, 4) is 0 Å². The average Bonchev–Trinajstić information content (AvgIpc) is 2.37. The minimum Gasteiger partial charge on any atom is -0.382 e. The van der Waals surface area contributed by atoms with Crippen LogP contribution in [0.5, 0.6) is 0 Å². The Kier molecular flexibility index (Phi) is 6.22. The maximum Gasteiger partial charge on any atom is 0.128 e. The van der Waals surface area contributed by atoms with Gasteiger partial charge in [0.05, 0.1) is 6.10 Å². The molecule has 0 heterocycles. The molecule has 0 saturated heterocycles. The zero-order valence-electron chi connectivity index (χ0n) is 11.2. The van der Waals surface area contributed by atoms with Gasteiger partial charge < -0.3 is 10.1 Å². The molecule has 0 amide bonds. The van der Waals surface area contributed by atoms with Crippen molar-refractivity contribution < 1.29 is 13.5 Å². The second-order valence-corrected chi connectivity index (χ2v) is 4.45. The molecular formula is C14H21F2NO. The van der Waals surface area contributed by atoms with E-state index < -0.39 is 5.82 Å². The smallest absolute Gasteiger partial charge is 0.128 e. The van der Waals surface area contributed by atoms with Crippen molar-refractivity contribution in [2.45, 2.75) is 38.8 Å². The van der Waals surface area contributed by atoms with Gasteiger partial charge in [0.15, 0.2) is 0 Å². The van der Waals surface area contributed by atoms with Gasteiger partial charge in [0, 0.05) is 18.7 Å². The maximum atomic E-state index is 13.8. The van der Waals surface area contributed by atoms with Crippen LogP contribution in [0.2, 0.25) is 0 Å². The van der Waals surface area contributed by atoms with Gasteiger partial charge >= 0.3 is 0 Å². The maximum absolute atomic E-state index is 13.8. The number of ether oxygens (including phenoxy) is 1. The van der Waals surface area contributed by atoms with Gasteiger partial charge in [-0.15, -0.1) is 0 Å². The van der Waals surface area contributed by atoms with Gasteiger partial charge in [-0.1, -0.05) is 6.92 Å². The lowest BCUT2D eigenvalue weighted by atomic mass is 10.00. The van der Waals surface area contributed by atoms with E-state index >= 15 is 0 Å². The number of hydrogen-bond donors (Lipinski definition) is 1. The van der Waals surface area contributed by atoms with Gasteiger partial charge in [-0.3, -0.25) is 0 Å². The molecule has 0 aliphatic heterocycles. The Labute approximate surface area is 107 Å². The lowest BCUT2D eigenvalue weighted by Crippen LogP contribution is -2.27. The van der Waals surface area contributed by atoms with Crippen LogP contribution in [0, 0.1) is 11.6 Å². The molecule has 2 nitrogen and oxygen atoms in total. The standard InChI is InChI=1S/C14H21F2NO/c1-4-7-17-14(8-10(2)18-3)12-9-11(15)5-6-13(12)16/h5-6,9-10,14,17H,4,7-8H2,1-3H3. The van der Waals surface area contributed by atoms with Crippen LogP contribution < -0.4 is 5.32 Å². The Morgan fingerprint density at radius 1 is 1.33 bits per heavy atom. The van der Waals surface area contributed by atoms with Gasteiger partial charge in [-0.2, -0.15) is 0 Å². The Morgan fingerprint density at radius 2 is 2.06 bits per heavy atom. The first-order valence-corrected chi connectivity index (χ1v) is 6.29. The molecule has 1 N–H and O–H groups in total. The van der Waals surface area contributed by atoms with Crippen LogP contribution in [0.25, 0.3) is 0 Å². The fourth-order valence-corrected chi connectivity index (χ4v) is 1.85. The van der Waals surface area contributed by atoms with E-state index in [9.17, 15) is 8.78 Å². The summed E-state index contributed by atoms with van der Waals surface area (Å²) in [5, 5.41) is 3.23. The molecule has 0 radical (unpaired) electrons. The average molecular weight is 257 g/mol. The zero-order valence-corrected chi connectivity index (χ0v) is 11.2. The molecule has 1 aromatic carbocycles. The minimum absolute atomic E-state index is 0.0120. The SMILES string of the molecule is CCCNC(CC(C)OC)c1cc(F)ccc1F. The predicted molar refractivity (Wildman–Crippen MR) is 68.5 cm³/mol. The first kappa shape index (κ1) is 15.1. The summed E-state index contributed by atoms with van der Waals surface area (Å²) in [6, 6.07) is 3.33. The lowest BCUT2D eigenvalue weighted by Gasteiger charge is -2.22. The van der Waals surface area contributed by atoms with Crippen LogP contribution in [0.1, 0.15) is 38.3 Å². The number of rotatable bonds is 7. The van der Waals surface area contributed by atoms with Crippen LogP contribution in [-0.4, -0.2) is 19.8 Å². The zero-order chi connectivity index (χ0) is 13.5. The summed E-state index contributed by atoms with van der Waals surface area (Å²) in [7, 11) is 1.61. The predicted octanol–water partition coefficient (Wildman–Crippen LogP) is 3.43. The third kappa shape index (κ3) is 4.35. The van der Waals surface area contributed by atoms with E-state index in [0.717, 1.165) is 19.0 Å². The van der Waals surface area contributed by atoms with Crippen molar-refractivity contribution in [2.75, 3.05) is 13.7 Å². The molecule has 4 heteroatoms. The van der Waals surface area contributed by atoms with Crippen molar-refractivity contribution in [3.05, 3.63) is 35.4 Å². The summed E-state index contributed by atoms with van der Waals surface area (Å²) in [6.07, 6.45) is 1.54. The largest absolute Gasteiger partial charge is 0.382 e. The van der Waals surface area contributed by atoms with Crippen molar-refractivity contribution in [1.29, 1.82) is 0 Å². The van der Waals surface area contributed by atoms with E-state index in [2.05, 4.69) is 5.32 Å². The molecule has 0 aliphatic carbocycles. The second-order valence-electron chi connectivity index (χ2n) is 4.45. The van der Waals surface area contributed by atoms with Crippen molar-refractivity contribution in [1.82, 2.24) is 5.32 Å². The van der Waals surface area contributed by atoms with Crippen LogP contribution >= 0.6 is 0 Å². The lowest BCUT2D eigenvalue weighted by molar-refractivity contribution is 0.0999. The normalized spacial score (nSPS) is 14.5. The van der Waals surface area contributed by atoms with Gasteiger partial charge in [-0.05, 0) is 44.5 Å². The molecule has 2 atom stereocenters. The highest BCUT2D eigenvalue weighted by Gasteiger charge is 2.18. The summed E-state index contributed by atoms with van der Waals surface area (Å²) < 4.78 is 32.2. The van der Waals surface area contributed by atoms with Gasteiger partial charge in [0.1, 0.15) is 11.6 Å². The second kappa shape index (κ2) is 7.44. The molecule has 18 heavy (non-hydrogen) atoms. The first-order chi connectivity index (χ1) is 8.58. The van der Waals surface area contributed by atoms with Gasteiger partial charge in [-0.25, -0.2) is 8.78 Å². The Morgan fingerprint density at radius 3 is 2.67 bits per heavy atom. The van der Waals surface area contributed by atoms with E-state index in [1.807, 2.05) is 13.8 Å². The summed E-state index contributed by atoms with van der Waals surface area (Å²) in [6.45, 7) is 4.71. The minimum atomic E-state index is -0.417. The number of hydrogen-bond acceptors (Lipinski definition) is 2. The van der Waals surface area contributed by atoms with Crippen LogP contribution in [0.4, 0.5) is 8.78 Å². The topological polar surface area (TPSA) is 21.3 Å². The highest BCUT2D eigenvalue weighted by molar-refractivity contribution is 5.22.